The van der Waals surface area contributed by atoms with E-state index in [0.717, 1.165) is 25.3 Å². The molecule has 0 aromatic carbocycles. The van der Waals surface area contributed by atoms with Crippen molar-refractivity contribution in [3.63, 3.8) is 0 Å². The van der Waals surface area contributed by atoms with Gasteiger partial charge < -0.3 is 20.4 Å². The van der Waals surface area contributed by atoms with Crippen molar-refractivity contribution in [1.29, 1.82) is 0 Å². The number of likely N-dealkylation sites (N-methyl/N-ethyl adjacent to an activating group) is 2. The molecule has 1 aromatic heterocycles. The predicted octanol–water partition coefficient (Wildman–Crippen LogP) is 1.29. The van der Waals surface area contributed by atoms with E-state index in [1.165, 1.54) is 0 Å². The summed E-state index contributed by atoms with van der Waals surface area (Å²) in [6.07, 6.45) is 2.17. The maximum absolute atomic E-state index is 13.1. The molecule has 1 aromatic rings. The van der Waals surface area contributed by atoms with Gasteiger partial charge in [-0.1, -0.05) is 13.8 Å². The van der Waals surface area contributed by atoms with Crippen molar-refractivity contribution in [3.8, 4) is 0 Å². The molecule has 0 bridgehead atoms. The average Bonchev–Trinajstić information content (AvgIpc) is 3.12. The largest absolute Gasteiger partial charge is 0.327 e. The minimum Gasteiger partial charge on any atom is -0.327 e. The number of hydrogen-bond donors (Lipinski definition) is 2. The van der Waals surface area contributed by atoms with Gasteiger partial charge >= 0.3 is 6.03 Å². The second-order valence-corrected chi connectivity index (χ2v) is 6.90. The second kappa shape index (κ2) is 9.09. The lowest BCUT2D eigenvalue weighted by Gasteiger charge is -2.31. The number of hydrogen-bond acceptors (Lipinski definition) is 5. The van der Waals surface area contributed by atoms with Crippen molar-refractivity contribution in [1.82, 2.24) is 25.4 Å². The highest BCUT2D eigenvalue weighted by molar-refractivity contribution is 6.05. The number of urea groups is 1. The van der Waals surface area contributed by atoms with Crippen LogP contribution in [0.15, 0.2) is 18.3 Å². The molecule has 1 atom stereocenters. The van der Waals surface area contributed by atoms with Crippen LogP contribution in [-0.4, -0.2) is 78.5 Å². The summed E-state index contributed by atoms with van der Waals surface area (Å²) in [4.78, 5) is 33.9. The van der Waals surface area contributed by atoms with Crippen LogP contribution in [0.2, 0.25) is 0 Å². The number of aromatic nitrogens is 1. The van der Waals surface area contributed by atoms with E-state index in [9.17, 15) is 9.59 Å². The zero-order chi connectivity index (χ0) is 19.2. The fraction of sp³-hybridized carbons (Fsp3) is 0.632. The van der Waals surface area contributed by atoms with Crippen molar-refractivity contribution < 1.29 is 9.59 Å². The summed E-state index contributed by atoms with van der Waals surface area (Å²) >= 11 is 0. The predicted molar refractivity (Wildman–Crippen MR) is 102 cm³/mol. The molecule has 7 nitrogen and oxygen atoms in total. The first kappa shape index (κ1) is 20.3. The first-order chi connectivity index (χ1) is 12.4. The Balaban J connectivity index is 2.05. The summed E-state index contributed by atoms with van der Waals surface area (Å²) in [6, 6.07) is 3.39. The van der Waals surface area contributed by atoms with E-state index < -0.39 is 5.54 Å². The summed E-state index contributed by atoms with van der Waals surface area (Å²) in [5, 5.41) is 6.20. The molecule has 2 heterocycles. The molecule has 144 valence electrons. The number of aryl methyl sites for hydroxylation is 1. The van der Waals surface area contributed by atoms with Crippen LogP contribution >= 0.6 is 0 Å². The minimum absolute atomic E-state index is 0.0829. The Morgan fingerprint density at radius 1 is 1.27 bits per heavy atom. The first-order valence-electron chi connectivity index (χ1n) is 9.35. The summed E-state index contributed by atoms with van der Waals surface area (Å²) < 4.78 is 0. The lowest BCUT2D eigenvalue weighted by Crippen LogP contribution is -2.59. The highest BCUT2D eigenvalue weighted by Gasteiger charge is 2.43. The zero-order valence-electron chi connectivity index (χ0n) is 16.3. The number of Topliss-reactive ketones (excluding diaryl/α,β-unsaturated/α-hetero) is 1. The fourth-order valence-electron chi connectivity index (χ4n) is 3.16. The van der Waals surface area contributed by atoms with Gasteiger partial charge in [-0.2, -0.15) is 0 Å². The summed E-state index contributed by atoms with van der Waals surface area (Å²) in [5.74, 6) is -0.0829. The van der Waals surface area contributed by atoms with Crippen LogP contribution in [0, 0.1) is 6.92 Å². The Hall–Kier alpha value is -1.99. The molecular formula is C19H31N5O2. The molecule has 0 saturated carbocycles. The summed E-state index contributed by atoms with van der Waals surface area (Å²) in [6.45, 7) is 10.6. The smallest absolute Gasteiger partial charge is 0.318 e. The number of carbonyl (C=O) groups excluding carboxylic acids is 2. The Morgan fingerprint density at radius 2 is 2.00 bits per heavy atom. The van der Waals surface area contributed by atoms with E-state index in [1.807, 2.05) is 13.0 Å². The van der Waals surface area contributed by atoms with Crippen molar-refractivity contribution in [2.24, 2.45) is 0 Å². The van der Waals surface area contributed by atoms with Gasteiger partial charge in [0.25, 0.3) is 0 Å². The molecule has 1 fully saturated rings. The zero-order valence-corrected chi connectivity index (χ0v) is 16.3. The number of nitrogens with zero attached hydrogens (tertiary/aromatic N) is 3. The highest BCUT2D eigenvalue weighted by atomic mass is 16.2. The monoisotopic (exact) mass is 361 g/mol. The van der Waals surface area contributed by atoms with Gasteiger partial charge in [0, 0.05) is 44.1 Å². The molecule has 2 amide bonds. The third-order valence-corrected chi connectivity index (χ3v) is 5.10. The van der Waals surface area contributed by atoms with Gasteiger partial charge in [0.05, 0.1) is 0 Å². The van der Waals surface area contributed by atoms with E-state index >= 15 is 0 Å². The van der Waals surface area contributed by atoms with E-state index in [4.69, 9.17) is 0 Å². The number of carbonyl (C=O) groups is 2. The lowest BCUT2D eigenvalue weighted by atomic mass is 9.89. The molecule has 0 unspecified atom stereocenters. The molecule has 1 saturated heterocycles. The number of rotatable bonds is 8. The number of pyridine rings is 1. The van der Waals surface area contributed by atoms with Gasteiger partial charge in [0.1, 0.15) is 5.54 Å². The molecule has 0 spiro atoms. The van der Waals surface area contributed by atoms with Crippen LogP contribution in [0.1, 0.15) is 36.3 Å². The molecule has 0 radical (unpaired) electrons. The van der Waals surface area contributed by atoms with E-state index in [0.29, 0.717) is 31.6 Å². The van der Waals surface area contributed by atoms with Gasteiger partial charge in [-0.05, 0) is 45.1 Å². The maximum Gasteiger partial charge on any atom is 0.318 e. The molecule has 2 rings (SSSR count). The maximum atomic E-state index is 13.1. The summed E-state index contributed by atoms with van der Waals surface area (Å²) in [5.41, 5.74) is 0.489. The van der Waals surface area contributed by atoms with Crippen LogP contribution in [-0.2, 0) is 0 Å². The number of nitrogens with one attached hydrogen (secondary N) is 2. The molecule has 1 aliphatic rings. The fourth-order valence-corrected chi connectivity index (χ4v) is 3.16. The second-order valence-electron chi connectivity index (χ2n) is 6.90. The Bertz CT molecular complexity index is 607. The van der Waals surface area contributed by atoms with Gasteiger partial charge in [-0.25, -0.2) is 4.79 Å². The van der Waals surface area contributed by atoms with Gasteiger partial charge in [-0.15, -0.1) is 0 Å². The Morgan fingerprint density at radius 3 is 2.54 bits per heavy atom. The van der Waals surface area contributed by atoms with Gasteiger partial charge in [-0.3, -0.25) is 9.78 Å². The molecule has 1 aliphatic heterocycles. The highest BCUT2D eigenvalue weighted by Crippen LogP contribution is 2.21. The van der Waals surface area contributed by atoms with Crippen LogP contribution in [0.5, 0.6) is 0 Å². The van der Waals surface area contributed by atoms with Gasteiger partial charge in [0.15, 0.2) is 5.78 Å². The van der Waals surface area contributed by atoms with Crippen LogP contribution in [0.25, 0.3) is 0 Å². The van der Waals surface area contributed by atoms with Crippen molar-refractivity contribution in [3.05, 3.63) is 29.6 Å². The van der Waals surface area contributed by atoms with Gasteiger partial charge in [0.2, 0.25) is 0 Å². The van der Waals surface area contributed by atoms with Crippen molar-refractivity contribution in [2.75, 3.05) is 46.3 Å². The third kappa shape index (κ3) is 4.80. The normalized spacial score (nSPS) is 19.6. The number of ketones is 1. The SMILES string of the molecule is CCN(CC)CCN(C)C(=O)N[C@]1(C(=O)c2ccc(C)nc2)CCNC1. The third-order valence-electron chi connectivity index (χ3n) is 5.10. The van der Waals surface area contributed by atoms with E-state index in [1.54, 1.807) is 24.2 Å². The van der Waals surface area contributed by atoms with Crippen molar-refractivity contribution in [2.45, 2.75) is 32.7 Å². The lowest BCUT2D eigenvalue weighted by molar-refractivity contribution is 0.0864. The van der Waals surface area contributed by atoms with Crippen LogP contribution in [0.3, 0.4) is 0 Å². The van der Waals surface area contributed by atoms with Crippen LogP contribution < -0.4 is 10.6 Å². The first-order valence-corrected chi connectivity index (χ1v) is 9.35. The number of amides is 2. The molecule has 0 aliphatic carbocycles. The Labute approximate surface area is 156 Å². The van der Waals surface area contributed by atoms with Crippen LogP contribution in [0.4, 0.5) is 4.79 Å². The molecule has 7 heteroatoms. The van der Waals surface area contributed by atoms with E-state index in [2.05, 4.69) is 34.4 Å². The minimum atomic E-state index is -0.905. The molecular weight excluding hydrogens is 330 g/mol. The standard InChI is InChI=1S/C19H31N5O2/c1-5-24(6-2)12-11-23(4)18(26)22-19(9-10-20-14-19)17(25)16-8-7-15(3)21-13-16/h7-8,13,20H,5-6,9-12,14H2,1-4H3,(H,22,26)/t19-/m1/s1. The van der Waals surface area contributed by atoms with Crippen molar-refractivity contribution >= 4 is 11.8 Å². The molecule has 2 N–H and O–H groups in total. The summed E-state index contributed by atoms with van der Waals surface area (Å²) in [7, 11) is 1.77. The Kier molecular flexibility index (Phi) is 7.11. The quantitative estimate of drug-likeness (QED) is 0.682. The van der Waals surface area contributed by atoms with E-state index in [-0.39, 0.29) is 11.8 Å². The topological polar surface area (TPSA) is 77.6 Å². The molecule has 26 heavy (non-hydrogen) atoms. The average molecular weight is 361 g/mol.